The van der Waals surface area contributed by atoms with Gasteiger partial charge in [0.25, 0.3) is 0 Å². The van der Waals surface area contributed by atoms with Gasteiger partial charge in [0, 0.05) is 12.0 Å². The Labute approximate surface area is 117 Å². The quantitative estimate of drug-likeness (QED) is 0.897. The fourth-order valence-corrected chi connectivity index (χ4v) is 3.38. The average molecular weight is 261 g/mol. The average Bonchev–Trinajstić information content (AvgIpc) is 2.63. The molecule has 0 saturated carbocycles. The Kier molecular flexibility index (Phi) is 4.64. The van der Waals surface area contributed by atoms with Gasteiger partial charge in [0.15, 0.2) is 0 Å². The molecule has 1 heterocycles. The van der Waals surface area contributed by atoms with Gasteiger partial charge >= 0.3 is 0 Å². The SMILES string of the molecule is CCCc1cccc(C(N)C2C(C)OC(C)C2C)c1. The first-order valence-corrected chi connectivity index (χ1v) is 7.54. The number of hydrogen-bond acceptors (Lipinski definition) is 2. The zero-order chi connectivity index (χ0) is 14.0. The minimum atomic E-state index is 0.0757. The molecule has 106 valence electrons. The third-order valence-electron chi connectivity index (χ3n) is 4.61. The van der Waals surface area contributed by atoms with Crippen molar-refractivity contribution in [2.45, 2.75) is 58.8 Å². The predicted molar refractivity (Wildman–Crippen MR) is 80.0 cm³/mol. The van der Waals surface area contributed by atoms with E-state index >= 15 is 0 Å². The minimum Gasteiger partial charge on any atom is -0.375 e. The molecule has 2 N–H and O–H groups in total. The molecule has 0 aliphatic carbocycles. The van der Waals surface area contributed by atoms with Crippen LogP contribution >= 0.6 is 0 Å². The van der Waals surface area contributed by atoms with Crippen LogP contribution in [0, 0.1) is 11.8 Å². The summed E-state index contributed by atoms with van der Waals surface area (Å²) in [5, 5.41) is 0. The smallest absolute Gasteiger partial charge is 0.0600 e. The molecule has 1 aliphatic rings. The van der Waals surface area contributed by atoms with E-state index in [1.54, 1.807) is 0 Å². The molecule has 0 bridgehead atoms. The van der Waals surface area contributed by atoms with Crippen molar-refractivity contribution in [1.29, 1.82) is 0 Å². The van der Waals surface area contributed by atoms with Gasteiger partial charge in [-0.1, -0.05) is 44.5 Å². The second kappa shape index (κ2) is 6.06. The molecule has 2 heteroatoms. The molecule has 1 aromatic rings. The second-order valence-electron chi connectivity index (χ2n) is 6.00. The Balaban J connectivity index is 2.19. The van der Waals surface area contributed by atoms with Crippen molar-refractivity contribution < 1.29 is 4.74 Å². The first-order chi connectivity index (χ1) is 9.04. The van der Waals surface area contributed by atoms with E-state index in [1.165, 1.54) is 17.5 Å². The second-order valence-corrected chi connectivity index (χ2v) is 6.00. The Hall–Kier alpha value is -0.860. The molecule has 0 spiro atoms. The Morgan fingerprint density at radius 1 is 1.21 bits per heavy atom. The molecule has 19 heavy (non-hydrogen) atoms. The number of nitrogens with two attached hydrogens (primary N) is 1. The van der Waals surface area contributed by atoms with Gasteiger partial charge in [0.05, 0.1) is 12.2 Å². The van der Waals surface area contributed by atoms with E-state index in [9.17, 15) is 0 Å². The van der Waals surface area contributed by atoms with Crippen LogP contribution in [0.5, 0.6) is 0 Å². The third-order valence-corrected chi connectivity index (χ3v) is 4.61. The first-order valence-electron chi connectivity index (χ1n) is 7.54. The molecule has 1 saturated heterocycles. The number of aryl methyl sites for hydroxylation is 1. The molecule has 2 rings (SSSR count). The fraction of sp³-hybridized carbons (Fsp3) is 0.647. The number of hydrogen-bond donors (Lipinski definition) is 1. The van der Waals surface area contributed by atoms with Crippen molar-refractivity contribution in [2.24, 2.45) is 17.6 Å². The van der Waals surface area contributed by atoms with Crippen molar-refractivity contribution in [3.8, 4) is 0 Å². The molecule has 0 amide bonds. The lowest BCUT2D eigenvalue weighted by Crippen LogP contribution is -2.30. The Morgan fingerprint density at radius 3 is 2.53 bits per heavy atom. The van der Waals surface area contributed by atoms with Gasteiger partial charge < -0.3 is 10.5 Å². The Bertz CT molecular complexity index is 417. The van der Waals surface area contributed by atoms with Crippen LogP contribution < -0.4 is 5.73 Å². The molecule has 1 fully saturated rings. The van der Waals surface area contributed by atoms with Crippen LogP contribution in [-0.4, -0.2) is 12.2 Å². The summed E-state index contributed by atoms with van der Waals surface area (Å²) in [6.07, 6.45) is 2.86. The van der Waals surface area contributed by atoms with E-state index in [0.717, 1.165) is 6.42 Å². The zero-order valence-electron chi connectivity index (χ0n) is 12.6. The summed E-state index contributed by atoms with van der Waals surface area (Å²) < 4.78 is 5.93. The third kappa shape index (κ3) is 3.01. The largest absolute Gasteiger partial charge is 0.375 e. The predicted octanol–water partition coefficient (Wildman–Crippen LogP) is 3.70. The minimum absolute atomic E-state index is 0.0757. The lowest BCUT2D eigenvalue weighted by Gasteiger charge is -2.26. The maximum Gasteiger partial charge on any atom is 0.0600 e. The normalized spacial score (nSPS) is 32.5. The lowest BCUT2D eigenvalue weighted by molar-refractivity contribution is 0.0489. The number of rotatable bonds is 4. The van der Waals surface area contributed by atoms with Crippen molar-refractivity contribution in [3.63, 3.8) is 0 Å². The first kappa shape index (κ1) is 14.5. The topological polar surface area (TPSA) is 35.2 Å². The van der Waals surface area contributed by atoms with E-state index in [1.807, 2.05) is 0 Å². The standard InChI is InChI=1S/C17H27NO/c1-5-7-14-8-6-9-15(10-14)17(18)16-11(2)12(3)19-13(16)4/h6,8-13,16-17H,5,7,18H2,1-4H3. The van der Waals surface area contributed by atoms with Gasteiger partial charge in [0.2, 0.25) is 0 Å². The van der Waals surface area contributed by atoms with Gasteiger partial charge in [-0.25, -0.2) is 0 Å². The van der Waals surface area contributed by atoms with Gasteiger partial charge in [0.1, 0.15) is 0 Å². The molecule has 5 unspecified atom stereocenters. The van der Waals surface area contributed by atoms with Crippen LogP contribution in [-0.2, 0) is 11.2 Å². The summed E-state index contributed by atoms with van der Waals surface area (Å²) in [6.45, 7) is 8.78. The van der Waals surface area contributed by atoms with E-state index in [-0.39, 0.29) is 12.1 Å². The van der Waals surface area contributed by atoms with Crippen LogP contribution in [0.1, 0.15) is 51.3 Å². The summed E-state index contributed by atoms with van der Waals surface area (Å²) in [5.41, 5.74) is 9.18. The van der Waals surface area contributed by atoms with Crippen LogP contribution in [0.2, 0.25) is 0 Å². The van der Waals surface area contributed by atoms with Crippen molar-refractivity contribution in [2.75, 3.05) is 0 Å². The lowest BCUT2D eigenvalue weighted by atomic mass is 9.80. The fourth-order valence-electron chi connectivity index (χ4n) is 3.38. The van der Waals surface area contributed by atoms with Crippen LogP contribution in [0.15, 0.2) is 24.3 Å². The van der Waals surface area contributed by atoms with Gasteiger partial charge in [-0.05, 0) is 37.3 Å². The highest BCUT2D eigenvalue weighted by Gasteiger charge is 2.40. The van der Waals surface area contributed by atoms with E-state index < -0.39 is 0 Å². The van der Waals surface area contributed by atoms with Crippen LogP contribution in [0.3, 0.4) is 0 Å². The zero-order valence-corrected chi connectivity index (χ0v) is 12.6. The summed E-state index contributed by atoms with van der Waals surface area (Å²) in [7, 11) is 0. The van der Waals surface area contributed by atoms with Crippen molar-refractivity contribution in [1.82, 2.24) is 0 Å². The van der Waals surface area contributed by atoms with E-state index in [2.05, 4.69) is 52.0 Å². The molecule has 0 aromatic heterocycles. The maximum absolute atomic E-state index is 6.53. The summed E-state index contributed by atoms with van der Waals surface area (Å²) >= 11 is 0. The summed E-state index contributed by atoms with van der Waals surface area (Å²) in [4.78, 5) is 0. The molecule has 0 radical (unpaired) electrons. The summed E-state index contributed by atoms with van der Waals surface area (Å²) in [5.74, 6) is 0.923. The van der Waals surface area contributed by atoms with Crippen LogP contribution in [0.25, 0.3) is 0 Å². The summed E-state index contributed by atoms with van der Waals surface area (Å²) in [6, 6.07) is 8.84. The molecular formula is C17H27NO. The molecular weight excluding hydrogens is 234 g/mol. The monoisotopic (exact) mass is 261 g/mol. The van der Waals surface area contributed by atoms with Crippen molar-refractivity contribution >= 4 is 0 Å². The molecule has 2 nitrogen and oxygen atoms in total. The molecule has 5 atom stereocenters. The molecule has 1 aliphatic heterocycles. The number of ether oxygens (including phenoxy) is 1. The van der Waals surface area contributed by atoms with E-state index in [4.69, 9.17) is 10.5 Å². The highest BCUT2D eigenvalue weighted by atomic mass is 16.5. The van der Waals surface area contributed by atoms with Crippen LogP contribution in [0.4, 0.5) is 0 Å². The maximum atomic E-state index is 6.53. The van der Waals surface area contributed by atoms with Crippen molar-refractivity contribution in [3.05, 3.63) is 35.4 Å². The van der Waals surface area contributed by atoms with E-state index in [0.29, 0.717) is 17.9 Å². The highest BCUT2D eigenvalue weighted by molar-refractivity contribution is 5.27. The molecule has 1 aromatic carbocycles. The van der Waals surface area contributed by atoms with Gasteiger partial charge in [-0.2, -0.15) is 0 Å². The highest BCUT2D eigenvalue weighted by Crippen LogP contribution is 2.39. The Morgan fingerprint density at radius 2 is 1.95 bits per heavy atom. The van der Waals surface area contributed by atoms with Gasteiger partial charge in [-0.3, -0.25) is 0 Å². The van der Waals surface area contributed by atoms with Gasteiger partial charge in [-0.15, -0.1) is 0 Å². The number of benzene rings is 1.